The number of carboxylic acids is 2. The molecule has 0 spiro atoms. The zero-order valence-corrected chi connectivity index (χ0v) is 9.68. The summed E-state index contributed by atoms with van der Waals surface area (Å²) in [6.45, 7) is 0. The number of aliphatic hydroxyl groups is 1. The molecule has 1 heterocycles. The van der Waals surface area contributed by atoms with E-state index >= 15 is 0 Å². The van der Waals surface area contributed by atoms with Gasteiger partial charge in [-0.1, -0.05) is 18.2 Å². The maximum atomic E-state index is 12.0. The third kappa shape index (κ3) is 2.15. The van der Waals surface area contributed by atoms with Crippen molar-refractivity contribution in [3.05, 3.63) is 35.4 Å². The van der Waals surface area contributed by atoms with E-state index in [-0.39, 0.29) is 11.1 Å². The molecular weight excluding hydrogens is 254 g/mol. The molecule has 1 amide bonds. The van der Waals surface area contributed by atoms with Gasteiger partial charge in [0.05, 0.1) is 6.42 Å². The maximum absolute atomic E-state index is 12.0. The minimum atomic E-state index is -1.60. The Balaban J connectivity index is 2.39. The maximum Gasteiger partial charge on any atom is 0.327 e. The van der Waals surface area contributed by atoms with Gasteiger partial charge in [0.15, 0.2) is 6.23 Å². The van der Waals surface area contributed by atoms with Crippen LogP contribution in [0.4, 0.5) is 0 Å². The summed E-state index contributed by atoms with van der Waals surface area (Å²) in [6.07, 6.45) is -2.21. The van der Waals surface area contributed by atoms with Crippen LogP contribution in [0.5, 0.6) is 0 Å². The molecule has 1 aromatic rings. The summed E-state index contributed by atoms with van der Waals surface area (Å²) in [4.78, 5) is 34.5. The third-order valence-corrected chi connectivity index (χ3v) is 2.96. The Labute approximate surface area is 107 Å². The number of nitrogens with zero attached hydrogens (tertiary/aromatic N) is 1. The van der Waals surface area contributed by atoms with E-state index in [1.807, 2.05) is 0 Å². The molecule has 2 unspecified atom stereocenters. The number of aliphatic carboxylic acids is 2. The van der Waals surface area contributed by atoms with E-state index < -0.39 is 36.5 Å². The molecule has 2 atom stereocenters. The predicted octanol–water partition coefficient (Wildman–Crippen LogP) is 0.0612. The average Bonchev–Trinajstić information content (AvgIpc) is 2.60. The Kier molecular flexibility index (Phi) is 3.22. The zero-order valence-electron chi connectivity index (χ0n) is 9.68. The van der Waals surface area contributed by atoms with E-state index in [9.17, 15) is 19.5 Å². The second-order valence-corrected chi connectivity index (χ2v) is 4.13. The standard InChI is InChI=1S/C12H11NO6/c14-9(15)5-8(12(18)19)13-10(16)6-3-1-2-4-7(6)11(13)17/h1-4,8,10,16H,5H2,(H,14,15)(H,18,19). The van der Waals surface area contributed by atoms with Crippen molar-refractivity contribution in [1.29, 1.82) is 0 Å². The lowest BCUT2D eigenvalue weighted by Crippen LogP contribution is -2.44. The van der Waals surface area contributed by atoms with Crippen molar-refractivity contribution < 1.29 is 29.7 Å². The molecule has 0 fully saturated rings. The summed E-state index contributed by atoms with van der Waals surface area (Å²) in [5, 5.41) is 27.7. The molecule has 3 N–H and O–H groups in total. The van der Waals surface area contributed by atoms with Crippen LogP contribution in [0, 0.1) is 0 Å². The lowest BCUT2D eigenvalue weighted by Gasteiger charge is -2.26. The molecule has 0 saturated heterocycles. The number of fused-ring (bicyclic) bond motifs is 1. The fourth-order valence-electron chi connectivity index (χ4n) is 2.10. The fraction of sp³-hybridized carbons (Fsp3) is 0.250. The summed E-state index contributed by atoms with van der Waals surface area (Å²) in [5.74, 6) is -3.51. The van der Waals surface area contributed by atoms with Crippen LogP contribution in [0.25, 0.3) is 0 Å². The van der Waals surface area contributed by atoms with Gasteiger partial charge in [0.2, 0.25) is 0 Å². The van der Waals surface area contributed by atoms with Gasteiger partial charge in [-0.15, -0.1) is 0 Å². The number of aliphatic hydroxyl groups excluding tert-OH is 1. The number of carboxylic acid groups (broad SMARTS) is 2. The van der Waals surface area contributed by atoms with Crippen LogP contribution in [0.3, 0.4) is 0 Å². The minimum absolute atomic E-state index is 0.187. The average molecular weight is 265 g/mol. The number of hydrogen-bond acceptors (Lipinski definition) is 4. The van der Waals surface area contributed by atoms with E-state index in [4.69, 9.17) is 10.2 Å². The van der Waals surface area contributed by atoms with Crippen molar-refractivity contribution in [3.63, 3.8) is 0 Å². The molecule has 0 aromatic heterocycles. The van der Waals surface area contributed by atoms with Gasteiger partial charge in [0, 0.05) is 11.1 Å². The molecule has 0 radical (unpaired) electrons. The SMILES string of the molecule is O=C(O)CC(C(=O)O)N1C(=O)c2ccccc2C1O. The van der Waals surface area contributed by atoms with Gasteiger partial charge in [-0.3, -0.25) is 14.5 Å². The topological polar surface area (TPSA) is 115 Å². The Morgan fingerprint density at radius 2 is 1.89 bits per heavy atom. The van der Waals surface area contributed by atoms with Crippen LogP contribution < -0.4 is 0 Å². The van der Waals surface area contributed by atoms with Crippen molar-refractivity contribution in [2.24, 2.45) is 0 Å². The van der Waals surface area contributed by atoms with Crippen molar-refractivity contribution in [2.45, 2.75) is 18.7 Å². The first-order valence-corrected chi connectivity index (χ1v) is 5.47. The molecule has 100 valence electrons. The minimum Gasteiger partial charge on any atom is -0.481 e. The second kappa shape index (κ2) is 4.69. The Morgan fingerprint density at radius 3 is 2.42 bits per heavy atom. The normalized spacial score (nSPS) is 19.1. The first-order chi connectivity index (χ1) is 8.93. The number of benzene rings is 1. The van der Waals surface area contributed by atoms with Crippen LogP contribution >= 0.6 is 0 Å². The van der Waals surface area contributed by atoms with Crippen LogP contribution in [0.1, 0.15) is 28.6 Å². The summed E-state index contributed by atoms with van der Waals surface area (Å²) in [5.41, 5.74) is 0.468. The van der Waals surface area contributed by atoms with Gasteiger partial charge >= 0.3 is 11.9 Å². The Morgan fingerprint density at radius 1 is 1.26 bits per heavy atom. The van der Waals surface area contributed by atoms with Gasteiger partial charge in [-0.05, 0) is 6.07 Å². The van der Waals surface area contributed by atoms with E-state index in [0.29, 0.717) is 4.90 Å². The van der Waals surface area contributed by atoms with E-state index in [0.717, 1.165) is 0 Å². The van der Waals surface area contributed by atoms with Crippen LogP contribution in [-0.4, -0.2) is 44.1 Å². The third-order valence-electron chi connectivity index (χ3n) is 2.96. The highest BCUT2D eigenvalue weighted by molar-refractivity contribution is 6.01. The highest BCUT2D eigenvalue weighted by atomic mass is 16.4. The number of amides is 1. The Hall–Kier alpha value is -2.41. The largest absolute Gasteiger partial charge is 0.481 e. The van der Waals surface area contributed by atoms with Crippen molar-refractivity contribution in [3.8, 4) is 0 Å². The summed E-state index contributed by atoms with van der Waals surface area (Å²) in [6, 6.07) is 4.54. The first-order valence-electron chi connectivity index (χ1n) is 5.47. The molecule has 7 heteroatoms. The highest BCUT2D eigenvalue weighted by Crippen LogP contribution is 2.33. The van der Waals surface area contributed by atoms with Gasteiger partial charge in [0.25, 0.3) is 5.91 Å². The summed E-state index contributed by atoms with van der Waals surface area (Å²) in [7, 11) is 0. The molecule has 0 aliphatic carbocycles. The van der Waals surface area contributed by atoms with Crippen LogP contribution in [0.2, 0.25) is 0 Å². The van der Waals surface area contributed by atoms with Crippen molar-refractivity contribution >= 4 is 17.8 Å². The molecule has 2 rings (SSSR count). The lowest BCUT2D eigenvalue weighted by atomic mass is 10.1. The lowest BCUT2D eigenvalue weighted by molar-refractivity contribution is -0.152. The molecule has 19 heavy (non-hydrogen) atoms. The molecule has 1 aliphatic heterocycles. The predicted molar refractivity (Wildman–Crippen MR) is 61.2 cm³/mol. The molecule has 1 aliphatic rings. The van der Waals surface area contributed by atoms with Crippen LogP contribution in [0.15, 0.2) is 24.3 Å². The smallest absolute Gasteiger partial charge is 0.327 e. The van der Waals surface area contributed by atoms with Gasteiger partial charge < -0.3 is 15.3 Å². The van der Waals surface area contributed by atoms with Gasteiger partial charge in [0.1, 0.15) is 6.04 Å². The molecule has 0 saturated carbocycles. The van der Waals surface area contributed by atoms with Crippen molar-refractivity contribution in [1.82, 2.24) is 4.90 Å². The monoisotopic (exact) mass is 265 g/mol. The first kappa shape index (κ1) is 13.0. The Bertz CT molecular complexity index is 555. The number of carbonyl (C=O) groups is 3. The van der Waals surface area contributed by atoms with Gasteiger partial charge in [-0.25, -0.2) is 4.79 Å². The zero-order chi connectivity index (χ0) is 14.2. The van der Waals surface area contributed by atoms with Crippen molar-refractivity contribution in [2.75, 3.05) is 0 Å². The van der Waals surface area contributed by atoms with E-state index in [1.54, 1.807) is 12.1 Å². The fourth-order valence-corrected chi connectivity index (χ4v) is 2.10. The molecular formula is C12H11NO6. The van der Waals surface area contributed by atoms with Crippen LogP contribution in [-0.2, 0) is 9.59 Å². The molecule has 1 aromatic carbocycles. The molecule has 7 nitrogen and oxygen atoms in total. The van der Waals surface area contributed by atoms with Gasteiger partial charge in [-0.2, -0.15) is 0 Å². The number of carbonyl (C=O) groups excluding carboxylic acids is 1. The highest BCUT2D eigenvalue weighted by Gasteiger charge is 2.43. The van der Waals surface area contributed by atoms with E-state index in [1.165, 1.54) is 12.1 Å². The number of rotatable bonds is 4. The number of hydrogen-bond donors (Lipinski definition) is 3. The molecule has 0 bridgehead atoms. The summed E-state index contributed by atoms with van der Waals surface area (Å²) < 4.78 is 0. The summed E-state index contributed by atoms with van der Waals surface area (Å²) >= 11 is 0. The van der Waals surface area contributed by atoms with E-state index in [2.05, 4.69) is 0 Å². The second-order valence-electron chi connectivity index (χ2n) is 4.13. The quantitative estimate of drug-likeness (QED) is 0.709.